The van der Waals surface area contributed by atoms with Gasteiger partial charge in [-0.15, -0.1) is 0 Å². The van der Waals surface area contributed by atoms with Gasteiger partial charge < -0.3 is 0 Å². The lowest BCUT2D eigenvalue weighted by molar-refractivity contribution is 0.434. The Bertz CT molecular complexity index is 499. The van der Waals surface area contributed by atoms with E-state index in [4.69, 9.17) is 0 Å². The van der Waals surface area contributed by atoms with Gasteiger partial charge in [0.2, 0.25) is 0 Å². The van der Waals surface area contributed by atoms with Crippen LogP contribution in [0.1, 0.15) is 25.0 Å². The molecule has 0 amide bonds. The molecule has 0 spiro atoms. The Kier molecular flexibility index (Phi) is 5.25. The molecule has 1 aromatic carbocycles. The summed E-state index contributed by atoms with van der Waals surface area (Å²) in [6, 6.07) is 4.56. The van der Waals surface area contributed by atoms with E-state index >= 15 is 0 Å². The van der Waals surface area contributed by atoms with Crippen LogP contribution >= 0.6 is 0 Å². The van der Waals surface area contributed by atoms with Crippen molar-refractivity contribution in [3.8, 4) is 0 Å². The molecule has 102 valence electrons. The first kappa shape index (κ1) is 15.1. The summed E-state index contributed by atoms with van der Waals surface area (Å²) in [4.78, 5) is 0. The third-order valence-corrected chi connectivity index (χ3v) is 4.43. The molecule has 1 rings (SSSR count). The van der Waals surface area contributed by atoms with Crippen molar-refractivity contribution in [1.29, 1.82) is 0 Å². The molecule has 0 aliphatic carbocycles. The fraction of sp³-hybridized carbons (Fsp3) is 0.500. The molecule has 4 nitrogen and oxygen atoms in total. The lowest BCUT2D eigenvalue weighted by Gasteiger charge is -2.18. The van der Waals surface area contributed by atoms with E-state index in [0.29, 0.717) is 18.7 Å². The van der Waals surface area contributed by atoms with Crippen LogP contribution in [0.15, 0.2) is 18.2 Å². The molecule has 0 unspecified atom stereocenters. The van der Waals surface area contributed by atoms with Crippen molar-refractivity contribution in [2.75, 3.05) is 13.1 Å². The van der Waals surface area contributed by atoms with E-state index in [9.17, 15) is 12.8 Å². The maximum atomic E-state index is 13.1. The molecular weight excluding hydrogens is 255 g/mol. The van der Waals surface area contributed by atoms with Crippen molar-refractivity contribution in [1.82, 2.24) is 9.03 Å². The summed E-state index contributed by atoms with van der Waals surface area (Å²) in [7, 11) is -3.45. The molecule has 0 fully saturated rings. The highest BCUT2D eigenvalue weighted by Crippen LogP contribution is 2.09. The molecule has 1 N–H and O–H groups in total. The first-order valence-corrected chi connectivity index (χ1v) is 7.34. The zero-order chi connectivity index (χ0) is 13.8. The van der Waals surface area contributed by atoms with Crippen LogP contribution in [-0.4, -0.2) is 25.8 Å². The largest absolute Gasteiger partial charge is 0.279 e. The van der Waals surface area contributed by atoms with Crippen molar-refractivity contribution in [2.45, 2.75) is 27.3 Å². The van der Waals surface area contributed by atoms with Crippen molar-refractivity contribution in [3.05, 3.63) is 35.1 Å². The zero-order valence-corrected chi connectivity index (χ0v) is 11.7. The quantitative estimate of drug-likeness (QED) is 0.860. The Morgan fingerprint density at radius 3 is 2.39 bits per heavy atom. The number of halogens is 1. The molecule has 0 atom stereocenters. The van der Waals surface area contributed by atoms with E-state index in [1.165, 1.54) is 10.4 Å². The number of rotatable bonds is 6. The Balaban J connectivity index is 2.72. The van der Waals surface area contributed by atoms with E-state index in [2.05, 4.69) is 4.72 Å². The predicted molar refractivity (Wildman–Crippen MR) is 69.8 cm³/mol. The number of benzene rings is 1. The molecule has 0 saturated heterocycles. The van der Waals surface area contributed by atoms with Crippen LogP contribution in [0.4, 0.5) is 4.39 Å². The summed E-state index contributed by atoms with van der Waals surface area (Å²) >= 11 is 0. The van der Waals surface area contributed by atoms with Crippen molar-refractivity contribution in [2.24, 2.45) is 0 Å². The fourth-order valence-electron chi connectivity index (χ4n) is 1.65. The average molecular weight is 274 g/mol. The molecule has 1 aromatic rings. The second kappa shape index (κ2) is 6.26. The van der Waals surface area contributed by atoms with Gasteiger partial charge in [-0.2, -0.15) is 17.4 Å². The highest BCUT2D eigenvalue weighted by atomic mass is 32.2. The molecule has 0 aliphatic rings. The minimum absolute atomic E-state index is 0.167. The van der Waals surface area contributed by atoms with Gasteiger partial charge in [0.15, 0.2) is 0 Å². The maximum absolute atomic E-state index is 13.1. The smallest absolute Gasteiger partial charge is 0.207 e. The monoisotopic (exact) mass is 274 g/mol. The average Bonchev–Trinajstić information content (AvgIpc) is 2.32. The number of hydrogen-bond donors (Lipinski definition) is 1. The number of nitrogens with one attached hydrogen (secondary N) is 1. The van der Waals surface area contributed by atoms with Gasteiger partial charge in [-0.05, 0) is 24.1 Å². The SMILES string of the molecule is CCN(CC)S(=O)(=O)NCc1ccc(F)c(C)c1. The minimum atomic E-state index is -3.45. The van der Waals surface area contributed by atoms with E-state index in [1.54, 1.807) is 32.9 Å². The number of hydrogen-bond acceptors (Lipinski definition) is 2. The van der Waals surface area contributed by atoms with Crippen LogP contribution in [0.3, 0.4) is 0 Å². The molecule has 0 radical (unpaired) electrons. The van der Waals surface area contributed by atoms with E-state index in [1.807, 2.05) is 0 Å². The lowest BCUT2D eigenvalue weighted by Crippen LogP contribution is -2.40. The Labute approximate surface area is 108 Å². The highest BCUT2D eigenvalue weighted by molar-refractivity contribution is 7.87. The summed E-state index contributed by atoms with van der Waals surface area (Å²) < 4.78 is 40.6. The van der Waals surface area contributed by atoms with Crippen LogP contribution < -0.4 is 4.72 Å². The number of nitrogens with zero attached hydrogens (tertiary/aromatic N) is 1. The molecule has 0 aromatic heterocycles. The fourth-order valence-corrected chi connectivity index (χ4v) is 2.86. The summed E-state index contributed by atoms with van der Waals surface area (Å²) in [6.07, 6.45) is 0. The van der Waals surface area contributed by atoms with Crippen LogP contribution in [0.2, 0.25) is 0 Å². The van der Waals surface area contributed by atoms with E-state index < -0.39 is 10.2 Å². The lowest BCUT2D eigenvalue weighted by atomic mass is 10.1. The van der Waals surface area contributed by atoms with E-state index in [-0.39, 0.29) is 12.4 Å². The normalized spacial score (nSPS) is 12.1. The van der Waals surface area contributed by atoms with Crippen molar-refractivity contribution >= 4 is 10.2 Å². The molecular formula is C12H19FN2O2S. The first-order valence-electron chi connectivity index (χ1n) is 5.90. The summed E-state index contributed by atoms with van der Waals surface area (Å²) in [5, 5.41) is 0. The van der Waals surface area contributed by atoms with Gasteiger partial charge in [0.25, 0.3) is 10.2 Å². The Hall–Kier alpha value is -0.980. The molecule has 0 heterocycles. The topological polar surface area (TPSA) is 49.4 Å². The molecule has 18 heavy (non-hydrogen) atoms. The Morgan fingerprint density at radius 2 is 1.89 bits per heavy atom. The van der Waals surface area contributed by atoms with Crippen LogP contribution in [0, 0.1) is 12.7 Å². The van der Waals surface area contributed by atoms with Crippen LogP contribution in [-0.2, 0) is 16.8 Å². The first-order chi connectivity index (χ1) is 8.40. The van der Waals surface area contributed by atoms with E-state index in [0.717, 1.165) is 5.56 Å². The van der Waals surface area contributed by atoms with Gasteiger partial charge in [-0.25, -0.2) is 4.39 Å². The van der Waals surface area contributed by atoms with Gasteiger partial charge >= 0.3 is 0 Å². The van der Waals surface area contributed by atoms with Gasteiger partial charge in [0, 0.05) is 19.6 Å². The van der Waals surface area contributed by atoms with Gasteiger partial charge in [0.1, 0.15) is 5.82 Å². The van der Waals surface area contributed by atoms with Crippen molar-refractivity contribution in [3.63, 3.8) is 0 Å². The number of aryl methyl sites for hydroxylation is 1. The van der Waals surface area contributed by atoms with Gasteiger partial charge in [-0.3, -0.25) is 0 Å². The Morgan fingerprint density at radius 1 is 1.28 bits per heavy atom. The maximum Gasteiger partial charge on any atom is 0.279 e. The van der Waals surface area contributed by atoms with Crippen molar-refractivity contribution < 1.29 is 12.8 Å². The third kappa shape index (κ3) is 3.76. The molecule has 0 saturated carbocycles. The molecule has 0 aliphatic heterocycles. The minimum Gasteiger partial charge on any atom is -0.207 e. The van der Waals surface area contributed by atoms with Crippen LogP contribution in [0.25, 0.3) is 0 Å². The predicted octanol–water partition coefficient (Wildman–Crippen LogP) is 1.81. The third-order valence-electron chi connectivity index (χ3n) is 2.73. The summed E-state index contributed by atoms with van der Waals surface area (Å²) in [6.45, 7) is 6.23. The second-order valence-corrected chi connectivity index (χ2v) is 5.75. The van der Waals surface area contributed by atoms with Gasteiger partial charge in [-0.1, -0.05) is 26.0 Å². The molecule has 6 heteroatoms. The summed E-state index contributed by atoms with van der Waals surface area (Å²) in [5.41, 5.74) is 1.25. The van der Waals surface area contributed by atoms with Crippen LogP contribution in [0.5, 0.6) is 0 Å². The standard InChI is InChI=1S/C12H19FN2O2S/c1-4-15(5-2)18(16,17)14-9-11-6-7-12(13)10(3)8-11/h6-8,14H,4-5,9H2,1-3H3. The zero-order valence-electron chi connectivity index (χ0n) is 10.9. The van der Waals surface area contributed by atoms with Gasteiger partial charge in [0.05, 0.1) is 0 Å². The highest BCUT2D eigenvalue weighted by Gasteiger charge is 2.17. The summed E-state index contributed by atoms with van der Waals surface area (Å²) in [5.74, 6) is -0.287. The second-order valence-electron chi connectivity index (χ2n) is 3.99. The molecule has 0 bridgehead atoms.